The highest BCUT2D eigenvalue weighted by Crippen LogP contribution is 2.29. The van der Waals surface area contributed by atoms with Gasteiger partial charge in [-0.2, -0.15) is 5.10 Å². The molecule has 0 bridgehead atoms. The minimum atomic E-state index is -4.05. The molecule has 0 fully saturated rings. The maximum Gasteiger partial charge on any atom is 0.295 e. The number of nitro groups is 1. The summed E-state index contributed by atoms with van der Waals surface area (Å²) in [6.45, 7) is 0. The summed E-state index contributed by atoms with van der Waals surface area (Å²) in [6.07, 6.45) is 1.45. The first-order chi connectivity index (χ1) is 14.8. The molecular weight excluding hydrogens is 444 g/mol. The van der Waals surface area contributed by atoms with Crippen molar-refractivity contribution in [2.24, 2.45) is 5.10 Å². The Balaban J connectivity index is 1.81. The largest absolute Gasteiger partial charge is 0.497 e. The summed E-state index contributed by atoms with van der Waals surface area (Å²) in [5, 5.41) is 16.0. The van der Waals surface area contributed by atoms with E-state index in [2.05, 4.69) is 15.2 Å². The smallest absolute Gasteiger partial charge is 0.295 e. The van der Waals surface area contributed by atoms with Gasteiger partial charge in [-0.05, 0) is 54.1 Å². The highest BCUT2D eigenvalue weighted by molar-refractivity contribution is 7.92. The predicted octanol–water partition coefficient (Wildman–Crippen LogP) is 4.50. The summed E-state index contributed by atoms with van der Waals surface area (Å²) >= 11 is 5.82. The van der Waals surface area contributed by atoms with Crippen LogP contribution in [0.5, 0.6) is 5.75 Å². The van der Waals surface area contributed by atoms with E-state index in [1.807, 2.05) is 0 Å². The molecule has 0 atom stereocenters. The average molecular weight is 461 g/mol. The molecule has 0 unspecified atom stereocenters. The Hall–Kier alpha value is -3.63. The number of nitrogens with one attached hydrogen (secondary N) is 2. The van der Waals surface area contributed by atoms with Gasteiger partial charge in [-0.25, -0.2) is 8.42 Å². The van der Waals surface area contributed by atoms with Crippen LogP contribution in [0.2, 0.25) is 5.02 Å². The topological polar surface area (TPSA) is 123 Å². The lowest BCUT2D eigenvalue weighted by Gasteiger charge is -2.10. The average Bonchev–Trinajstić information content (AvgIpc) is 2.75. The number of benzene rings is 3. The number of hydrazone groups is 1. The van der Waals surface area contributed by atoms with Crippen LogP contribution >= 0.6 is 11.6 Å². The van der Waals surface area contributed by atoms with Crippen LogP contribution in [0.1, 0.15) is 5.56 Å². The highest BCUT2D eigenvalue weighted by Gasteiger charge is 2.21. The van der Waals surface area contributed by atoms with Crippen LogP contribution in [-0.2, 0) is 10.0 Å². The zero-order valence-electron chi connectivity index (χ0n) is 16.2. The van der Waals surface area contributed by atoms with Gasteiger partial charge in [0, 0.05) is 16.8 Å². The Morgan fingerprint density at radius 1 is 1.06 bits per heavy atom. The van der Waals surface area contributed by atoms with Gasteiger partial charge in [0.25, 0.3) is 15.7 Å². The molecule has 0 heterocycles. The summed E-state index contributed by atoms with van der Waals surface area (Å²) in [5.74, 6) is 0.563. The zero-order valence-corrected chi connectivity index (χ0v) is 17.7. The number of hydrogen-bond donors (Lipinski definition) is 2. The normalized spacial score (nSPS) is 11.3. The highest BCUT2D eigenvalue weighted by atomic mass is 35.5. The molecule has 11 heteroatoms. The number of anilines is 2. The second-order valence-corrected chi connectivity index (χ2v) is 8.31. The van der Waals surface area contributed by atoms with Crippen molar-refractivity contribution in [2.75, 3.05) is 17.3 Å². The van der Waals surface area contributed by atoms with Crippen LogP contribution in [0.15, 0.2) is 76.7 Å². The molecular formula is C20H17ClN4O5S. The molecule has 9 nitrogen and oxygen atoms in total. The van der Waals surface area contributed by atoms with E-state index in [-0.39, 0.29) is 10.6 Å². The van der Waals surface area contributed by atoms with Crippen LogP contribution in [0.4, 0.5) is 17.1 Å². The maximum atomic E-state index is 12.6. The van der Waals surface area contributed by atoms with Gasteiger partial charge in [-0.3, -0.25) is 20.3 Å². The molecule has 0 aromatic heterocycles. The second-order valence-electron chi connectivity index (χ2n) is 6.19. The molecule has 0 radical (unpaired) electrons. The Morgan fingerprint density at radius 3 is 2.35 bits per heavy atom. The molecule has 3 aromatic carbocycles. The lowest BCUT2D eigenvalue weighted by atomic mass is 10.2. The van der Waals surface area contributed by atoms with Crippen LogP contribution < -0.4 is 14.9 Å². The Labute approximate surface area is 183 Å². The SMILES string of the molecule is COc1ccc(NS(=O)(=O)c2ccc(NN=Cc3ccc(Cl)cc3)c([N+](=O)[O-])c2)cc1. The number of nitrogens with zero attached hydrogens (tertiary/aromatic N) is 2. The van der Waals surface area contributed by atoms with Crippen LogP contribution in [0.3, 0.4) is 0 Å². The van der Waals surface area contributed by atoms with Crippen LogP contribution in [0.25, 0.3) is 0 Å². The molecule has 0 aliphatic rings. The maximum absolute atomic E-state index is 12.6. The monoisotopic (exact) mass is 460 g/mol. The van der Waals surface area contributed by atoms with Gasteiger partial charge in [0.2, 0.25) is 0 Å². The van der Waals surface area contributed by atoms with E-state index in [4.69, 9.17) is 16.3 Å². The Kier molecular flexibility index (Phi) is 6.73. The summed E-state index contributed by atoms with van der Waals surface area (Å²) in [7, 11) is -2.55. The third-order valence-electron chi connectivity index (χ3n) is 4.09. The van der Waals surface area contributed by atoms with Gasteiger partial charge >= 0.3 is 0 Å². The van der Waals surface area contributed by atoms with E-state index >= 15 is 0 Å². The molecule has 0 spiro atoms. The molecule has 0 aliphatic heterocycles. The molecule has 31 heavy (non-hydrogen) atoms. The lowest BCUT2D eigenvalue weighted by molar-refractivity contribution is -0.384. The minimum absolute atomic E-state index is 0.0404. The second kappa shape index (κ2) is 9.45. The van der Waals surface area contributed by atoms with Gasteiger partial charge in [0.1, 0.15) is 11.4 Å². The molecule has 0 aliphatic carbocycles. The van der Waals surface area contributed by atoms with Crippen molar-refractivity contribution in [3.63, 3.8) is 0 Å². The molecule has 0 saturated carbocycles. The van der Waals surface area contributed by atoms with Gasteiger partial charge in [0.15, 0.2) is 0 Å². The minimum Gasteiger partial charge on any atom is -0.497 e. The van der Waals surface area contributed by atoms with E-state index in [1.165, 1.54) is 37.6 Å². The van der Waals surface area contributed by atoms with Crippen molar-refractivity contribution in [2.45, 2.75) is 4.90 Å². The number of nitro benzene ring substituents is 1. The Morgan fingerprint density at radius 2 is 1.74 bits per heavy atom. The first kappa shape index (κ1) is 22.1. The van der Waals surface area contributed by atoms with Crippen molar-refractivity contribution < 1.29 is 18.1 Å². The molecule has 3 aromatic rings. The molecule has 0 saturated heterocycles. The van der Waals surface area contributed by atoms with Crippen molar-refractivity contribution >= 4 is 44.9 Å². The number of halogens is 1. The fourth-order valence-corrected chi connectivity index (χ4v) is 3.73. The summed E-state index contributed by atoms with van der Waals surface area (Å²) in [6, 6.07) is 16.5. The fraction of sp³-hybridized carbons (Fsp3) is 0.0500. The van der Waals surface area contributed by atoms with E-state index in [0.717, 1.165) is 11.6 Å². The van der Waals surface area contributed by atoms with Gasteiger partial charge in [0.05, 0.1) is 23.1 Å². The first-order valence-corrected chi connectivity index (χ1v) is 10.6. The van der Waals surface area contributed by atoms with Crippen molar-refractivity contribution in [1.82, 2.24) is 0 Å². The molecule has 0 amide bonds. The first-order valence-electron chi connectivity index (χ1n) is 8.78. The zero-order chi connectivity index (χ0) is 22.4. The molecule has 160 valence electrons. The van der Waals surface area contributed by atoms with Gasteiger partial charge in [-0.15, -0.1) is 0 Å². The quantitative estimate of drug-likeness (QED) is 0.290. The number of methoxy groups -OCH3 is 1. The van der Waals surface area contributed by atoms with E-state index in [9.17, 15) is 18.5 Å². The van der Waals surface area contributed by atoms with E-state index in [0.29, 0.717) is 16.5 Å². The number of hydrogen-bond acceptors (Lipinski definition) is 7. The number of sulfonamides is 1. The summed E-state index contributed by atoms with van der Waals surface area (Å²) in [5.41, 5.74) is 3.18. The fourth-order valence-electron chi connectivity index (χ4n) is 2.52. The summed E-state index contributed by atoms with van der Waals surface area (Å²) in [4.78, 5) is 10.5. The van der Waals surface area contributed by atoms with Gasteiger partial charge < -0.3 is 4.74 Å². The number of rotatable bonds is 8. The predicted molar refractivity (Wildman–Crippen MR) is 120 cm³/mol. The van der Waals surface area contributed by atoms with Crippen molar-refractivity contribution in [1.29, 1.82) is 0 Å². The number of ether oxygens (including phenoxy) is 1. The van der Waals surface area contributed by atoms with Crippen molar-refractivity contribution in [3.8, 4) is 5.75 Å². The van der Waals surface area contributed by atoms with Crippen molar-refractivity contribution in [3.05, 3.63) is 87.4 Å². The lowest BCUT2D eigenvalue weighted by Crippen LogP contribution is -2.13. The third kappa shape index (κ3) is 5.71. The van der Waals surface area contributed by atoms with Crippen LogP contribution in [0, 0.1) is 10.1 Å². The Bertz CT molecular complexity index is 1210. The molecule has 3 rings (SSSR count). The summed E-state index contributed by atoms with van der Waals surface area (Å²) < 4.78 is 32.7. The van der Waals surface area contributed by atoms with Gasteiger partial charge in [-0.1, -0.05) is 23.7 Å². The van der Waals surface area contributed by atoms with Crippen LogP contribution in [-0.4, -0.2) is 26.7 Å². The van der Waals surface area contributed by atoms with E-state index in [1.54, 1.807) is 36.4 Å². The third-order valence-corrected chi connectivity index (χ3v) is 5.72. The standard InChI is InChI=1S/C20H17ClN4O5S/c1-30-17-8-6-16(7-9-17)24-31(28,29)18-10-11-19(20(12-18)25(26)27)23-22-13-14-2-4-15(21)5-3-14/h2-13,23-24H,1H3. The molecule has 2 N–H and O–H groups in total. The van der Waals surface area contributed by atoms with E-state index < -0.39 is 20.6 Å².